The molecule has 2 nitrogen and oxygen atoms in total. The SMILES string of the molecule is CC1c2ccc(CN)cc2C(C)N1Cc1ccccc1. The van der Waals surface area contributed by atoms with E-state index in [0.29, 0.717) is 18.6 Å². The number of hydrogen-bond acceptors (Lipinski definition) is 2. The molecule has 1 aliphatic rings. The molecule has 0 saturated carbocycles. The van der Waals surface area contributed by atoms with E-state index in [1.165, 1.54) is 22.3 Å². The van der Waals surface area contributed by atoms with Crippen LogP contribution in [0, 0.1) is 0 Å². The smallest absolute Gasteiger partial charge is 0.0332 e. The molecule has 104 valence electrons. The molecule has 0 aliphatic carbocycles. The fraction of sp³-hybridized carbons (Fsp3) is 0.333. The lowest BCUT2D eigenvalue weighted by Gasteiger charge is -2.26. The maximum absolute atomic E-state index is 5.77. The highest BCUT2D eigenvalue weighted by Crippen LogP contribution is 2.42. The van der Waals surface area contributed by atoms with Gasteiger partial charge in [-0.15, -0.1) is 0 Å². The zero-order valence-electron chi connectivity index (χ0n) is 12.2. The molecule has 0 bridgehead atoms. The van der Waals surface area contributed by atoms with E-state index >= 15 is 0 Å². The normalized spacial score (nSPS) is 21.9. The zero-order chi connectivity index (χ0) is 14.1. The summed E-state index contributed by atoms with van der Waals surface area (Å²) < 4.78 is 0. The summed E-state index contributed by atoms with van der Waals surface area (Å²) in [6.45, 7) is 6.21. The molecule has 0 aromatic heterocycles. The second kappa shape index (κ2) is 5.39. The number of hydrogen-bond donors (Lipinski definition) is 1. The summed E-state index contributed by atoms with van der Waals surface area (Å²) in [5.41, 5.74) is 11.3. The Balaban J connectivity index is 1.89. The van der Waals surface area contributed by atoms with Gasteiger partial charge < -0.3 is 5.73 Å². The topological polar surface area (TPSA) is 29.3 Å². The lowest BCUT2D eigenvalue weighted by Crippen LogP contribution is -2.22. The van der Waals surface area contributed by atoms with Gasteiger partial charge in [-0.3, -0.25) is 4.90 Å². The summed E-state index contributed by atoms with van der Waals surface area (Å²) in [6.07, 6.45) is 0. The Labute approximate surface area is 121 Å². The van der Waals surface area contributed by atoms with E-state index < -0.39 is 0 Å². The van der Waals surface area contributed by atoms with Crippen LogP contribution in [-0.4, -0.2) is 4.90 Å². The first-order valence-electron chi connectivity index (χ1n) is 7.33. The van der Waals surface area contributed by atoms with Crippen molar-refractivity contribution in [3.8, 4) is 0 Å². The molecule has 0 fully saturated rings. The van der Waals surface area contributed by atoms with Crippen LogP contribution < -0.4 is 5.73 Å². The predicted octanol–water partition coefficient (Wildman–Crippen LogP) is 3.78. The van der Waals surface area contributed by atoms with Crippen LogP contribution >= 0.6 is 0 Å². The number of nitrogens with zero attached hydrogens (tertiary/aromatic N) is 1. The van der Waals surface area contributed by atoms with Gasteiger partial charge in [0.1, 0.15) is 0 Å². The molecule has 0 amide bonds. The fourth-order valence-electron chi connectivity index (χ4n) is 3.25. The van der Waals surface area contributed by atoms with Gasteiger partial charge in [0.05, 0.1) is 0 Å². The Hall–Kier alpha value is -1.64. The lowest BCUT2D eigenvalue weighted by atomic mass is 10.0. The summed E-state index contributed by atoms with van der Waals surface area (Å²) in [6, 6.07) is 18.3. The second-order valence-electron chi connectivity index (χ2n) is 5.68. The number of nitrogens with two attached hydrogens (primary N) is 1. The first kappa shape index (κ1) is 13.3. The van der Waals surface area contributed by atoms with Crippen molar-refractivity contribution in [2.45, 2.75) is 39.0 Å². The third-order valence-electron chi connectivity index (χ3n) is 4.49. The minimum atomic E-state index is 0.451. The van der Waals surface area contributed by atoms with E-state index in [9.17, 15) is 0 Å². The Bertz CT molecular complexity index is 592. The van der Waals surface area contributed by atoms with Crippen molar-refractivity contribution in [3.05, 3.63) is 70.8 Å². The van der Waals surface area contributed by atoms with Crippen molar-refractivity contribution in [3.63, 3.8) is 0 Å². The number of fused-ring (bicyclic) bond motifs is 1. The van der Waals surface area contributed by atoms with Crippen LogP contribution in [0.2, 0.25) is 0 Å². The molecule has 2 unspecified atom stereocenters. The van der Waals surface area contributed by atoms with Crippen LogP contribution in [-0.2, 0) is 13.1 Å². The second-order valence-corrected chi connectivity index (χ2v) is 5.68. The standard InChI is InChI=1S/C18H22N2/c1-13-17-9-8-16(11-19)10-18(17)14(2)20(13)12-15-6-4-3-5-7-15/h3-10,13-14H,11-12,19H2,1-2H3. The van der Waals surface area contributed by atoms with E-state index in [-0.39, 0.29) is 0 Å². The highest BCUT2D eigenvalue weighted by atomic mass is 15.2. The fourth-order valence-corrected chi connectivity index (χ4v) is 3.25. The maximum atomic E-state index is 5.77. The Kier molecular flexibility index (Phi) is 3.60. The van der Waals surface area contributed by atoms with Gasteiger partial charge in [-0.2, -0.15) is 0 Å². The highest BCUT2D eigenvalue weighted by Gasteiger charge is 2.32. The van der Waals surface area contributed by atoms with Gasteiger partial charge in [-0.25, -0.2) is 0 Å². The zero-order valence-corrected chi connectivity index (χ0v) is 12.2. The first-order chi connectivity index (χ1) is 9.70. The third-order valence-corrected chi connectivity index (χ3v) is 4.49. The summed E-state index contributed by atoms with van der Waals surface area (Å²) in [5.74, 6) is 0. The summed E-state index contributed by atoms with van der Waals surface area (Å²) in [7, 11) is 0. The molecule has 0 spiro atoms. The molecule has 2 N–H and O–H groups in total. The van der Waals surface area contributed by atoms with Gasteiger partial charge >= 0.3 is 0 Å². The third kappa shape index (κ3) is 2.26. The molecule has 1 heterocycles. The molecule has 2 aromatic rings. The summed E-state index contributed by atoms with van der Waals surface area (Å²) >= 11 is 0. The molecule has 2 atom stereocenters. The van der Waals surface area contributed by atoms with Crippen molar-refractivity contribution < 1.29 is 0 Å². The van der Waals surface area contributed by atoms with Crippen molar-refractivity contribution in [1.82, 2.24) is 4.90 Å². The molecule has 3 rings (SSSR count). The van der Waals surface area contributed by atoms with Gasteiger partial charge in [0.2, 0.25) is 0 Å². The molecule has 2 aromatic carbocycles. The molecule has 2 heteroatoms. The van der Waals surface area contributed by atoms with Crippen LogP contribution in [0.4, 0.5) is 0 Å². The quantitative estimate of drug-likeness (QED) is 0.916. The number of benzene rings is 2. The maximum Gasteiger partial charge on any atom is 0.0332 e. The van der Waals surface area contributed by atoms with Gasteiger partial charge in [-0.1, -0.05) is 48.5 Å². The summed E-state index contributed by atoms with van der Waals surface area (Å²) in [5, 5.41) is 0. The van der Waals surface area contributed by atoms with Gasteiger partial charge in [0.15, 0.2) is 0 Å². The minimum absolute atomic E-state index is 0.451. The van der Waals surface area contributed by atoms with Crippen LogP contribution in [0.3, 0.4) is 0 Å². The monoisotopic (exact) mass is 266 g/mol. The molecule has 0 radical (unpaired) electrons. The molecule has 0 saturated heterocycles. The van der Waals surface area contributed by atoms with Crippen LogP contribution in [0.15, 0.2) is 48.5 Å². The lowest BCUT2D eigenvalue weighted by molar-refractivity contribution is 0.173. The van der Waals surface area contributed by atoms with Crippen molar-refractivity contribution >= 4 is 0 Å². The highest BCUT2D eigenvalue weighted by molar-refractivity contribution is 5.40. The van der Waals surface area contributed by atoms with Crippen molar-refractivity contribution in [2.24, 2.45) is 5.73 Å². The summed E-state index contributed by atoms with van der Waals surface area (Å²) in [4.78, 5) is 2.56. The van der Waals surface area contributed by atoms with Gasteiger partial charge in [-0.05, 0) is 36.1 Å². The molecule has 1 aliphatic heterocycles. The first-order valence-corrected chi connectivity index (χ1v) is 7.33. The largest absolute Gasteiger partial charge is 0.326 e. The average Bonchev–Trinajstić information content (AvgIpc) is 2.73. The van der Waals surface area contributed by atoms with E-state index in [2.05, 4.69) is 67.3 Å². The average molecular weight is 266 g/mol. The molecule has 20 heavy (non-hydrogen) atoms. The van der Waals surface area contributed by atoms with Crippen LogP contribution in [0.1, 0.15) is 48.2 Å². The Morgan fingerprint density at radius 2 is 1.60 bits per heavy atom. The van der Waals surface area contributed by atoms with Crippen molar-refractivity contribution in [2.75, 3.05) is 0 Å². The predicted molar refractivity (Wildman–Crippen MR) is 83.1 cm³/mol. The van der Waals surface area contributed by atoms with E-state index in [1.54, 1.807) is 0 Å². The van der Waals surface area contributed by atoms with E-state index in [4.69, 9.17) is 5.73 Å². The molecular weight excluding hydrogens is 244 g/mol. The molecular formula is C18H22N2. The van der Waals surface area contributed by atoms with Crippen LogP contribution in [0.25, 0.3) is 0 Å². The van der Waals surface area contributed by atoms with E-state index in [0.717, 1.165) is 6.54 Å². The minimum Gasteiger partial charge on any atom is -0.326 e. The van der Waals surface area contributed by atoms with Crippen molar-refractivity contribution in [1.29, 1.82) is 0 Å². The Morgan fingerprint density at radius 1 is 0.900 bits per heavy atom. The van der Waals surface area contributed by atoms with E-state index in [1.807, 2.05) is 0 Å². The Morgan fingerprint density at radius 3 is 2.30 bits per heavy atom. The number of rotatable bonds is 3. The van der Waals surface area contributed by atoms with Gasteiger partial charge in [0, 0.05) is 25.2 Å². The van der Waals surface area contributed by atoms with Crippen LogP contribution in [0.5, 0.6) is 0 Å². The van der Waals surface area contributed by atoms with Gasteiger partial charge in [0.25, 0.3) is 0 Å².